The maximum absolute atomic E-state index is 10.4. The zero-order valence-electron chi connectivity index (χ0n) is 5.14. The first-order valence-electron chi connectivity index (χ1n) is 2.99. The Bertz CT molecular complexity index is 63.1. The number of rotatable bonds is 2. The van der Waals surface area contributed by atoms with E-state index in [1.165, 1.54) is 0 Å². The molecule has 8 heavy (non-hydrogen) atoms. The van der Waals surface area contributed by atoms with Crippen LogP contribution in [0.2, 0.25) is 0 Å². The second kappa shape index (κ2) is 2.03. The smallest absolute Gasteiger partial charge is 0.0922 e. The van der Waals surface area contributed by atoms with Crippen molar-refractivity contribution < 1.29 is 9.84 Å². The highest BCUT2D eigenvalue weighted by atomic mass is 16.5. The molecule has 0 aromatic carbocycles. The minimum absolute atomic E-state index is 0.0278. The fourth-order valence-corrected chi connectivity index (χ4v) is 0.780. The Kier molecular flexibility index (Phi) is 1.54. The predicted molar refractivity (Wildman–Crippen MR) is 29.1 cm³/mol. The largest absolute Gasteiger partial charge is 0.380 e. The van der Waals surface area contributed by atoms with Gasteiger partial charge in [0.1, 0.15) is 0 Å². The summed E-state index contributed by atoms with van der Waals surface area (Å²) >= 11 is 0. The lowest BCUT2D eigenvalue weighted by atomic mass is 9.84. The van der Waals surface area contributed by atoms with E-state index in [0.717, 1.165) is 6.42 Å². The molecule has 2 nitrogen and oxygen atoms in total. The maximum Gasteiger partial charge on any atom is 0.0922 e. The number of hydrogen-bond acceptors (Lipinski definition) is 1. The van der Waals surface area contributed by atoms with Crippen LogP contribution in [0.15, 0.2) is 0 Å². The SMILES string of the molecule is CCC1(C[O])COC1. The summed E-state index contributed by atoms with van der Waals surface area (Å²) in [6.45, 7) is 3.45. The highest BCUT2D eigenvalue weighted by molar-refractivity contribution is 4.82. The zero-order valence-corrected chi connectivity index (χ0v) is 5.14. The van der Waals surface area contributed by atoms with Crippen LogP contribution in [0.4, 0.5) is 0 Å². The Morgan fingerprint density at radius 3 is 2.25 bits per heavy atom. The lowest BCUT2D eigenvalue weighted by molar-refractivity contribution is -0.149. The van der Waals surface area contributed by atoms with E-state index in [1.807, 2.05) is 6.92 Å². The van der Waals surface area contributed by atoms with E-state index in [4.69, 9.17) is 4.74 Å². The van der Waals surface area contributed by atoms with Crippen molar-refractivity contribution in [3.8, 4) is 0 Å². The van der Waals surface area contributed by atoms with Crippen LogP contribution < -0.4 is 0 Å². The molecule has 0 aromatic rings. The van der Waals surface area contributed by atoms with Crippen LogP contribution in [0, 0.1) is 5.41 Å². The van der Waals surface area contributed by atoms with Crippen LogP contribution >= 0.6 is 0 Å². The van der Waals surface area contributed by atoms with E-state index in [-0.39, 0.29) is 12.0 Å². The molecule has 1 fully saturated rings. The summed E-state index contributed by atoms with van der Waals surface area (Å²) in [5.74, 6) is 0. The van der Waals surface area contributed by atoms with Gasteiger partial charge < -0.3 is 4.74 Å². The Hall–Kier alpha value is -0.0800. The van der Waals surface area contributed by atoms with Crippen LogP contribution in [-0.4, -0.2) is 19.8 Å². The van der Waals surface area contributed by atoms with Crippen LogP contribution in [0.5, 0.6) is 0 Å². The van der Waals surface area contributed by atoms with Crippen molar-refractivity contribution in [1.82, 2.24) is 0 Å². The minimum Gasteiger partial charge on any atom is -0.380 e. The number of ether oxygens (including phenoxy) is 1. The third-order valence-electron chi connectivity index (χ3n) is 1.87. The molecule has 1 aliphatic rings. The van der Waals surface area contributed by atoms with Gasteiger partial charge in [-0.05, 0) is 6.42 Å². The Labute approximate surface area is 49.5 Å². The van der Waals surface area contributed by atoms with E-state index in [0.29, 0.717) is 13.2 Å². The first-order chi connectivity index (χ1) is 3.83. The van der Waals surface area contributed by atoms with E-state index in [2.05, 4.69) is 0 Å². The van der Waals surface area contributed by atoms with E-state index in [9.17, 15) is 5.11 Å². The maximum atomic E-state index is 10.4. The molecule has 0 amide bonds. The van der Waals surface area contributed by atoms with E-state index in [1.54, 1.807) is 0 Å². The van der Waals surface area contributed by atoms with Crippen molar-refractivity contribution in [3.05, 3.63) is 0 Å². The molecule has 1 heterocycles. The van der Waals surface area contributed by atoms with Gasteiger partial charge in [-0.25, -0.2) is 5.11 Å². The molecule has 0 N–H and O–H groups in total. The second-order valence-electron chi connectivity index (χ2n) is 2.49. The molecule has 2 heteroatoms. The zero-order chi connectivity index (χ0) is 6.04. The van der Waals surface area contributed by atoms with E-state index < -0.39 is 0 Å². The minimum atomic E-state index is 0.0278. The van der Waals surface area contributed by atoms with Gasteiger partial charge in [-0.2, -0.15) is 0 Å². The molecule has 1 rings (SSSR count). The molecule has 0 atom stereocenters. The van der Waals surface area contributed by atoms with Crippen molar-refractivity contribution in [1.29, 1.82) is 0 Å². The van der Waals surface area contributed by atoms with Gasteiger partial charge in [0.25, 0.3) is 0 Å². The van der Waals surface area contributed by atoms with Crippen molar-refractivity contribution >= 4 is 0 Å². The monoisotopic (exact) mass is 115 g/mol. The van der Waals surface area contributed by atoms with Crippen molar-refractivity contribution in [2.75, 3.05) is 19.8 Å². The van der Waals surface area contributed by atoms with Crippen molar-refractivity contribution in [2.45, 2.75) is 13.3 Å². The molecule has 0 bridgehead atoms. The Morgan fingerprint density at radius 2 is 2.25 bits per heavy atom. The highest BCUT2D eigenvalue weighted by Crippen LogP contribution is 2.29. The lowest BCUT2D eigenvalue weighted by Crippen LogP contribution is -2.44. The molecule has 0 aliphatic carbocycles. The summed E-state index contributed by atoms with van der Waals surface area (Å²) in [5, 5.41) is 10.4. The number of hydrogen-bond donors (Lipinski definition) is 0. The van der Waals surface area contributed by atoms with Gasteiger partial charge in [-0.1, -0.05) is 6.92 Å². The highest BCUT2D eigenvalue weighted by Gasteiger charge is 2.36. The average molecular weight is 115 g/mol. The van der Waals surface area contributed by atoms with Crippen molar-refractivity contribution in [3.63, 3.8) is 0 Å². The Balaban J connectivity index is 2.33. The van der Waals surface area contributed by atoms with Gasteiger partial charge in [-0.3, -0.25) is 0 Å². The summed E-state index contributed by atoms with van der Waals surface area (Å²) in [7, 11) is 0. The van der Waals surface area contributed by atoms with Gasteiger partial charge in [0.15, 0.2) is 0 Å². The van der Waals surface area contributed by atoms with Gasteiger partial charge in [0.2, 0.25) is 0 Å². The van der Waals surface area contributed by atoms with Crippen LogP contribution in [0.1, 0.15) is 13.3 Å². The quantitative estimate of drug-likeness (QED) is 0.524. The normalized spacial score (nSPS) is 24.8. The predicted octanol–water partition coefficient (Wildman–Crippen LogP) is 0.844. The summed E-state index contributed by atoms with van der Waals surface area (Å²) in [6, 6.07) is 0. The summed E-state index contributed by atoms with van der Waals surface area (Å²) < 4.78 is 4.92. The van der Waals surface area contributed by atoms with Crippen LogP contribution in [0.3, 0.4) is 0 Å². The molecular formula is C6H11O2. The second-order valence-corrected chi connectivity index (χ2v) is 2.49. The molecule has 1 radical (unpaired) electrons. The molecule has 1 aliphatic heterocycles. The molecule has 47 valence electrons. The topological polar surface area (TPSA) is 29.1 Å². The first kappa shape index (κ1) is 6.05. The standard InChI is InChI=1S/C6H11O2/c1-2-6(3-7)4-8-5-6/h2-5H2,1H3. The van der Waals surface area contributed by atoms with Gasteiger partial charge in [-0.15, -0.1) is 0 Å². The summed E-state index contributed by atoms with van der Waals surface area (Å²) in [5.41, 5.74) is 0.0278. The molecular weight excluding hydrogens is 104 g/mol. The van der Waals surface area contributed by atoms with Crippen LogP contribution in [0.25, 0.3) is 0 Å². The third kappa shape index (κ3) is 0.740. The fourth-order valence-electron chi connectivity index (χ4n) is 0.780. The summed E-state index contributed by atoms with van der Waals surface area (Å²) in [6.07, 6.45) is 0.969. The molecule has 0 spiro atoms. The summed E-state index contributed by atoms with van der Waals surface area (Å²) in [4.78, 5) is 0. The van der Waals surface area contributed by atoms with E-state index >= 15 is 0 Å². The fraction of sp³-hybridized carbons (Fsp3) is 1.00. The average Bonchev–Trinajstić information content (AvgIpc) is 1.67. The van der Waals surface area contributed by atoms with Gasteiger partial charge in [0.05, 0.1) is 19.8 Å². The van der Waals surface area contributed by atoms with Gasteiger partial charge in [0, 0.05) is 5.41 Å². The third-order valence-corrected chi connectivity index (χ3v) is 1.87. The Morgan fingerprint density at radius 1 is 1.62 bits per heavy atom. The molecule has 0 aromatic heterocycles. The molecule has 0 saturated carbocycles. The lowest BCUT2D eigenvalue weighted by Gasteiger charge is -2.38. The molecule has 1 saturated heterocycles. The van der Waals surface area contributed by atoms with Crippen LogP contribution in [-0.2, 0) is 9.84 Å². The molecule has 0 unspecified atom stereocenters. The van der Waals surface area contributed by atoms with Crippen molar-refractivity contribution in [2.24, 2.45) is 5.41 Å². The van der Waals surface area contributed by atoms with Gasteiger partial charge >= 0.3 is 0 Å². The first-order valence-corrected chi connectivity index (χ1v) is 2.99.